The lowest BCUT2D eigenvalue weighted by Crippen LogP contribution is -2.28. The Kier molecular flexibility index (Phi) is 5.32. The predicted octanol–water partition coefficient (Wildman–Crippen LogP) is 3.08. The maximum Gasteiger partial charge on any atom is 0.251 e. The standard InChI is InChI=1S/C17H19FN2O/c1-20(16-9-3-2-4-10-16)12-6-11-19-17(21)14-7-5-8-15(18)13-14/h2-5,7-10,13H,6,11-12H2,1H3,(H,19,21). The summed E-state index contributed by atoms with van der Waals surface area (Å²) in [5, 5.41) is 2.80. The number of carbonyl (C=O) groups excluding carboxylic acids is 1. The SMILES string of the molecule is CN(CCCNC(=O)c1cccc(F)c1)c1ccccc1. The first kappa shape index (κ1) is 15.0. The van der Waals surface area contributed by atoms with Crippen LogP contribution in [0.1, 0.15) is 16.8 Å². The molecule has 2 aromatic carbocycles. The summed E-state index contributed by atoms with van der Waals surface area (Å²) in [4.78, 5) is 14.0. The molecule has 0 atom stereocenters. The Hall–Kier alpha value is -2.36. The van der Waals surface area contributed by atoms with Crippen molar-refractivity contribution < 1.29 is 9.18 Å². The second-order valence-corrected chi connectivity index (χ2v) is 4.88. The zero-order valence-corrected chi connectivity index (χ0v) is 12.1. The number of rotatable bonds is 6. The molecule has 0 bridgehead atoms. The fourth-order valence-electron chi connectivity index (χ4n) is 2.06. The number of nitrogens with zero attached hydrogens (tertiary/aromatic N) is 1. The lowest BCUT2D eigenvalue weighted by atomic mass is 10.2. The topological polar surface area (TPSA) is 32.3 Å². The summed E-state index contributed by atoms with van der Waals surface area (Å²) < 4.78 is 13.0. The third-order valence-electron chi connectivity index (χ3n) is 3.24. The third kappa shape index (κ3) is 4.60. The maximum atomic E-state index is 13.0. The Morgan fingerprint density at radius 1 is 1.14 bits per heavy atom. The van der Waals surface area contributed by atoms with E-state index < -0.39 is 5.82 Å². The van der Waals surface area contributed by atoms with Crippen molar-refractivity contribution in [2.24, 2.45) is 0 Å². The van der Waals surface area contributed by atoms with Gasteiger partial charge >= 0.3 is 0 Å². The molecule has 1 amide bonds. The number of carbonyl (C=O) groups is 1. The maximum absolute atomic E-state index is 13.0. The lowest BCUT2D eigenvalue weighted by molar-refractivity contribution is 0.0953. The van der Waals surface area contributed by atoms with Crippen LogP contribution in [0.4, 0.5) is 10.1 Å². The van der Waals surface area contributed by atoms with Crippen LogP contribution in [-0.2, 0) is 0 Å². The summed E-state index contributed by atoms with van der Waals surface area (Å²) in [7, 11) is 2.02. The summed E-state index contributed by atoms with van der Waals surface area (Å²) in [6, 6.07) is 15.8. The Morgan fingerprint density at radius 2 is 1.90 bits per heavy atom. The van der Waals surface area contributed by atoms with Gasteiger partial charge in [-0.25, -0.2) is 4.39 Å². The molecule has 2 rings (SSSR count). The van der Waals surface area contributed by atoms with Gasteiger partial charge in [0.05, 0.1) is 0 Å². The van der Waals surface area contributed by atoms with Gasteiger partial charge in [-0.1, -0.05) is 24.3 Å². The predicted molar refractivity (Wildman–Crippen MR) is 83.1 cm³/mol. The summed E-state index contributed by atoms with van der Waals surface area (Å²) in [5.41, 5.74) is 1.50. The molecular formula is C17H19FN2O. The Labute approximate surface area is 124 Å². The second-order valence-electron chi connectivity index (χ2n) is 4.88. The second kappa shape index (κ2) is 7.43. The molecular weight excluding hydrogens is 267 g/mol. The van der Waals surface area contributed by atoms with E-state index in [0.29, 0.717) is 12.1 Å². The van der Waals surface area contributed by atoms with E-state index in [-0.39, 0.29) is 5.91 Å². The number of halogens is 1. The van der Waals surface area contributed by atoms with Gasteiger partial charge in [0.25, 0.3) is 5.91 Å². The molecule has 0 aliphatic rings. The van der Waals surface area contributed by atoms with Crippen LogP contribution in [0.3, 0.4) is 0 Å². The molecule has 0 aliphatic heterocycles. The van der Waals surface area contributed by atoms with E-state index in [4.69, 9.17) is 0 Å². The van der Waals surface area contributed by atoms with E-state index in [1.54, 1.807) is 6.07 Å². The highest BCUT2D eigenvalue weighted by molar-refractivity contribution is 5.94. The van der Waals surface area contributed by atoms with E-state index in [2.05, 4.69) is 10.2 Å². The van der Waals surface area contributed by atoms with Crippen LogP contribution >= 0.6 is 0 Å². The molecule has 0 aromatic heterocycles. The van der Waals surface area contributed by atoms with E-state index >= 15 is 0 Å². The first-order valence-electron chi connectivity index (χ1n) is 6.97. The first-order chi connectivity index (χ1) is 10.2. The van der Waals surface area contributed by atoms with Gasteiger partial charge in [-0.3, -0.25) is 4.79 Å². The summed E-state index contributed by atoms with van der Waals surface area (Å²) >= 11 is 0. The van der Waals surface area contributed by atoms with Crippen molar-refractivity contribution in [3.63, 3.8) is 0 Å². The average molecular weight is 286 g/mol. The summed E-state index contributed by atoms with van der Waals surface area (Å²) in [6.45, 7) is 1.40. The lowest BCUT2D eigenvalue weighted by Gasteiger charge is -2.19. The van der Waals surface area contributed by atoms with E-state index in [1.807, 2.05) is 37.4 Å². The molecule has 0 radical (unpaired) electrons. The number of anilines is 1. The van der Waals surface area contributed by atoms with Gasteiger partial charge in [-0.05, 0) is 36.8 Å². The van der Waals surface area contributed by atoms with Crippen LogP contribution in [0.25, 0.3) is 0 Å². The molecule has 3 nitrogen and oxygen atoms in total. The van der Waals surface area contributed by atoms with Gasteiger partial charge in [-0.2, -0.15) is 0 Å². The molecule has 0 heterocycles. The fourth-order valence-corrected chi connectivity index (χ4v) is 2.06. The van der Waals surface area contributed by atoms with Crippen molar-refractivity contribution in [1.29, 1.82) is 0 Å². The highest BCUT2D eigenvalue weighted by atomic mass is 19.1. The monoisotopic (exact) mass is 286 g/mol. The molecule has 0 saturated carbocycles. The molecule has 2 aromatic rings. The molecule has 110 valence electrons. The number of hydrogen-bond donors (Lipinski definition) is 1. The van der Waals surface area contributed by atoms with Gasteiger partial charge in [0.1, 0.15) is 5.82 Å². The number of nitrogens with one attached hydrogen (secondary N) is 1. The minimum absolute atomic E-state index is 0.239. The van der Waals surface area contributed by atoms with Crippen molar-refractivity contribution in [1.82, 2.24) is 5.32 Å². The molecule has 1 N–H and O–H groups in total. The van der Waals surface area contributed by atoms with Crippen LogP contribution in [0.5, 0.6) is 0 Å². The summed E-state index contributed by atoms with van der Waals surface area (Å²) in [5.74, 6) is -0.636. The fraction of sp³-hybridized carbons (Fsp3) is 0.235. The van der Waals surface area contributed by atoms with E-state index in [9.17, 15) is 9.18 Å². The van der Waals surface area contributed by atoms with Crippen LogP contribution in [0.15, 0.2) is 54.6 Å². The van der Waals surface area contributed by atoms with Gasteiger partial charge in [0.15, 0.2) is 0 Å². The smallest absolute Gasteiger partial charge is 0.251 e. The normalized spacial score (nSPS) is 10.2. The van der Waals surface area contributed by atoms with Gasteiger partial charge in [0, 0.05) is 31.4 Å². The minimum Gasteiger partial charge on any atom is -0.375 e. The van der Waals surface area contributed by atoms with Gasteiger partial charge in [-0.15, -0.1) is 0 Å². The number of amides is 1. The van der Waals surface area contributed by atoms with Crippen LogP contribution in [0.2, 0.25) is 0 Å². The number of hydrogen-bond acceptors (Lipinski definition) is 2. The Bertz CT molecular complexity index is 586. The van der Waals surface area contributed by atoms with Gasteiger partial charge < -0.3 is 10.2 Å². The van der Waals surface area contributed by atoms with Crippen molar-refractivity contribution >= 4 is 11.6 Å². The molecule has 0 spiro atoms. The van der Waals surface area contributed by atoms with Crippen LogP contribution in [0, 0.1) is 5.82 Å². The van der Waals surface area contributed by atoms with Crippen LogP contribution < -0.4 is 10.2 Å². The van der Waals surface area contributed by atoms with E-state index in [0.717, 1.165) is 18.7 Å². The van der Waals surface area contributed by atoms with Gasteiger partial charge in [0.2, 0.25) is 0 Å². The largest absolute Gasteiger partial charge is 0.375 e. The van der Waals surface area contributed by atoms with Crippen molar-refractivity contribution in [2.75, 3.05) is 25.0 Å². The van der Waals surface area contributed by atoms with Crippen molar-refractivity contribution in [3.05, 3.63) is 66.0 Å². The molecule has 0 aliphatic carbocycles. The zero-order chi connectivity index (χ0) is 15.1. The Balaban J connectivity index is 1.74. The quantitative estimate of drug-likeness (QED) is 0.828. The summed E-state index contributed by atoms with van der Waals surface area (Å²) in [6.07, 6.45) is 0.826. The number of para-hydroxylation sites is 1. The molecule has 21 heavy (non-hydrogen) atoms. The Morgan fingerprint density at radius 3 is 2.62 bits per heavy atom. The third-order valence-corrected chi connectivity index (χ3v) is 3.24. The molecule has 0 saturated heterocycles. The first-order valence-corrected chi connectivity index (χ1v) is 6.97. The highest BCUT2D eigenvalue weighted by Gasteiger charge is 2.06. The van der Waals surface area contributed by atoms with Crippen molar-refractivity contribution in [2.45, 2.75) is 6.42 Å². The minimum atomic E-state index is -0.397. The zero-order valence-electron chi connectivity index (χ0n) is 12.1. The van der Waals surface area contributed by atoms with Crippen molar-refractivity contribution in [3.8, 4) is 0 Å². The van der Waals surface area contributed by atoms with Crippen LogP contribution in [-0.4, -0.2) is 26.0 Å². The highest BCUT2D eigenvalue weighted by Crippen LogP contribution is 2.10. The number of benzene rings is 2. The molecule has 4 heteroatoms. The van der Waals surface area contributed by atoms with E-state index in [1.165, 1.54) is 18.2 Å². The average Bonchev–Trinajstić information content (AvgIpc) is 2.52. The molecule has 0 unspecified atom stereocenters. The molecule has 0 fully saturated rings.